The summed E-state index contributed by atoms with van der Waals surface area (Å²) in [5.41, 5.74) is 6.15. The molecule has 0 aromatic carbocycles. The largest absolute Gasteiger partial charge is 0.466 e. The van der Waals surface area contributed by atoms with Crippen LogP contribution in [0.5, 0.6) is 0 Å². The second-order valence-corrected chi connectivity index (χ2v) is 6.21. The van der Waals surface area contributed by atoms with Crippen molar-refractivity contribution in [2.45, 2.75) is 39.0 Å². The molecule has 96 valence electrons. The molecule has 3 aliphatic rings. The fourth-order valence-corrected chi connectivity index (χ4v) is 5.14. The van der Waals surface area contributed by atoms with Crippen LogP contribution < -0.4 is 5.73 Å². The molecule has 3 nitrogen and oxygen atoms in total. The Balaban J connectivity index is 1.77. The quantitative estimate of drug-likeness (QED) is 0.760. The van der Waals surface area contributed by atoms with Crippen LogP contribution in [0.25, 0.3) is 0 Å². The summed E-state index contributed by atoms with van der Waals surface area (Å²) in [5.74, 6) is 3.20. The third kappa shape index (κ3) is 1.48. The molecule has 0 aliphatic heterocycles. The van der Waals surface area contributed by atoms with E-state index in [9.17, 15) is 4.79 Å². The van der Waals surface area contributed by atoms with Gasteiger partial charge in [-0.15, -0.1) is 0 Å². The van der Waals surface area contributed by atoms with Gasteiger partial charge in [0.05, 0.1) is 13.0 Å². The van der Waals surface area contributed by atoms with Gasteiger partial charge in [-0.1, -0.05) is 6.42 Å². The van der Waals surface area contributed by atoms with Gasteiger partial charge in [-0.05, 0) is 61.8 Å². The molecule has 0 amide bonds. The summed E-state index contributed by atoms with van der Waals surface area (Å²) >= 11 is 0. The van der Waals surface area contributed by atoms with Crippen molar-refractivity contribution in [3.05, 3.63) is 0 Å². The van der Waals surface area contributed by atoms with Crippen molar-refractivity contribution in [2.75, 3.05) is 13.2 Å². The lowest BCUT2D eigenvalue weighted by Gasteiger charge is -2.59. The van der Waals surface area contributed by atoms with Gasteiger partial charge in [-0.2, -0.15) is 0 Å². The number of hydrogen-bond acceptors (Lipinski definition) is 3. The van der Waals surface area contributed by atoms with Gasteiger partial charge in [0.15, 0.2) is 0 Å². The van der Waals surface area contributed by atoms with Crippen LogP contribution >= 0.6 is 0 Å². The fourth-order valence-electron chi connectivity index (χ4n) is 5.14. The molecule has 3 saturated carbocycles. The molecule has 2 bridgehead atoms. The van der Waals surface area contributed by atoms with Crippen molar-refractivity contribution in [3.63, 3.8) is 0 Å². The Morgan fingerprint density at radius 1 is 1.35 bits per heavy atom. The minimum Gasteiger partial charge on any atom is -0.466 e. The Bertz CT molecular complexity index is 322. The zero-order valence-corrected chi connectivity index (χ0v) is 10.7. The molecule has 3 aliphatic carbocycles. The minimum atomic E-state index is -0.0354. The van der Waals surface area contributed by atoms with Crippen LogP contribution in [-0.2, 0) is 9.53 Å². The lowest BCUT2D eigenvalue weighted by Crippen LogP contribution is -2.59. The van der Waals surface area contributed by atoms with Gasteiger partial charge < -0.3 is 10.5 Å². The van der Waals surface area contributed by atoms with Gasteiger partial charge in [-0.25, -0.2) is 0 Å². The smallest absolute Gasteiger partial charge is 0.306 e. The molecule has 1 unspecified atom stereocenters. The van der Waals surface area contributed by atoms with Crippen molar-refractivity contribution < 1.29 is 9.53 Å². The standard InChI is InChI=1S/C14H23NO2/c1-2-17-13(16)7-14(8-15)11-4-3-9-5-10(11)12(14)6-9/h9-12H,2-8,15H2,1H3/t9-,10-,11?,12-,14-/m0/s1. The van der Waals surface area contributed by atoms with Gasteiger partial charge in [0, 0.05) is 0 Å². The Morgan fingerprint density at radius 2 is 2.18 bits per heavy atom. The van der Waals surface area contributed by atoms with E-state index in [0.717, 1.165) is 17.8 Å². The molecule has 0 saturated heterocycles. The van der Waals surface area contributed by atoms with Crippen LogP contribution in [0.4, 0.5) is 0 Å². The molecule has 0 radical (unpaired) electrons. The Morgan fingerprint density at radius 3 is 2.88 bits per heavy atom. The van der Waals surface area contributed by atoms with Crippen LogP contribution in [0, 0.1) is 29.1 Å². The minimum absolute atomic E-state index is 0.0354. The lowest BCUT2D eigenvalue weighted by molar-refractivity contribution is -0.161. The molecular weight excluding hydrogens is 214 g/mol. The van der Waals surface area contributed by atoms with E-state index >= 15 is 0 Å². The molecule has 3 heteroatoms. The molecule has 0 aromatic rings. The first-order valence-electron chi connectivity index (χ1n) is 7.07. The molecule has 0 aromatic heterocycles. The second-order valence-electron chi connectivity index (χ2n) is 6.21. The van der Waals surface area contributed by atoms with Crippen molar-refractivity contribution in [1.82, 2.24) is 0 Å². The Kier molecular flexibility index (Phi) is 2.69. The monoisotopic (exact) mass is 237 g/mol. The maximum atomic E-state index is 11.8. The van der Waals surface area contributed by atoms with Crippen LogP contribution in [-0.4, -0.2) is 19.1 Å². The third-order valence-electron chi connectivity index (χ3n) is 5.75. The lowest BCUT2D eigenvalue weighted by atomic mass is 9.45. The topological polar surface area (TPSA) is 52.3 Å². The van der Waals surface area contributed by atoms with Gasteiger partial charge in [0.2, 0.25) is 0 Å². The van der Waals surface area contributed by atoms with Gasteiger partial charge >= 0.3 is 5.97 Å². The van der Waals surface area contributed by atoms with Gasteiger partial charge in [-0.3, -0.25) is 4.79 Å². The molecule has 0 spiro atoms. The first kappa shape index (κ1) is 11.5. The molecule has 3 rings (SSSR count). The number of carbonyl (C=O) groups is 1. The van der Waals surface area contributed by atoms with Crippen molar-refractivity contribution >= 4 is 5.97 Å². The number of carbonyl (C=O) groups excluding carboxylic acids is 1. The van der Waals surface area contributed by atoms with Crippen LogP contribution in [0.1, 0.15) is 39.0 Å². The highest BCUT2D eigenvalue weighted by Gasteiger charge is 2.65. The Hall–Kier alpha value is -0.570. The highest BCUT2D eigenvalue weighted by Crippen LogP contribution is 2.70. The highest BCUT2D eigenvalue weighted by atomic mass is 16.5. The first-order valence-corrected chi connectivity index (χ1v) is 7.07. The number of esters is 1. The number of ether oxygens (including phenoxy) is 1. The number of hydrogen-bond donors (Lipinski definition) is 1. The molecule has 0 heterocycles. The van der Waals surface area contributed by atoms with E-state index in [1.807, 2.05) is 6.92 Å². The number of nitrogens with two attached hydrogens (primary N) is 1. The number of fused-ring (bicyclic) bond motifs is 1. The fraction of sp³-hybridized carbons (Fsp3) is 0.929. The van der Waals surface area contributed by atoms with E-state index in [4.69, 9.17) is 10.5 Å². The average molecular weight is 237 g/mol. The summed E-state index contributed by atoms with van der Waals surface area (Å²) in [6.07, 6.45) is 5.94. The SMILES string of the molecule is CCOC(=O)C[C@]1(CN)C2CC[C@H]3C[C@@H]2[C@@H]1C3. The van der Waals surface area contributed by atoms with Crippen molar-refractivity contribution in [1.29, 1.82) is 0 Å². The maximum Gasteiger partial charge on any atom is 0.306 e. The van der Waals surface area contributed by atoms with Crippen molar-refractivity contribution in [3.8, 4) is 0 Å². The van der Waals surface area contributed by atoms with Gasteiger partial charge in [0.1, 0.15) is 0 Å². The van der Waals surface area contributed by atoms with Crippen LogP contribution in [0.15, 0.2) is 0 Å². The summed E-state index contributed by atoms with van der Waals surface area (Å²) in [7, 11) is 0. The summed E-state index contributed by atoms with van der Waals surface area (Å²) in [5, 5.41) is 0. The van der Waals surface area contributed by atoms with Crippen LogP contribution in [0.3, 0.4) is 0 Å². The molecule has 5 atom stereocenters. The predicted octanol–water partition coefficient (Wildman–Crippen LogP) is 1.95. The van der Waals surface area contributed by atoms with E-state index in [1.165, 1.54) is 25.7 Å². The zero-order valence-electron chi connectivity index (χ0n) is 10.7. The van der Waals surface area contributed by atoms with Crippen LogP contribution in [0.2, 0.25) is 0 Å². The predicted molar refractivity (Wildman–Crippen MR) is 65.2 cm³/mol. The van der Waals surface area contributed by atoms with E-state index < -0.39 is 0 Å². The van der Waals surface area contributed by atoms with E-state index in [-0.39, 0.29) is 11.4 Å². The maximum absolute atomic E-state index is 11.8. The van der Waals surface area contributed by atoms with Crippen molar-refractivity contribution in [2.24, 2.45) is 34.8 Å². The molecular formula is C14H23NO2. The van der Waals surface area contributed by atoms with Gasteiger partial charge in [0.25, 0.3) is 0 Å². The third-order valence-corrected chi connectivity index (χ3v) is 5.75. The zero-order chi connectivity index (χ0) is 12.0. The van der Waals surface area contributed by atoms with E-state index in [2.05, 4.69) is 0 Å². The average Bonchev–Trinajstić information content (AvgIpc) is 2.51. The normalized spacial score (nSPS) is 46.5. The van der Waals surface area contributed by atoms with E-state index in [1.54, 1.807) is 0 Å². The summed E-state index contributed by atoms with van der Waals surface area (Å²) < 4.78 is 5.14. The summed E-state index contributed by atoms with van der Waals surface area (Å²) in [4.78, 5) is 11.8. The molecule has 17 heavy (non-hydrogen) atoms. The first-order chi connectivity index (χ1) is 8.21. The summed E-state index contributed by atoms with van der Waals surface area (Å²) in [6.45, 7) is 3.03. The molecule has 2 N–H and O–H groups in total. The highest BCUT2D eigenvalue weighted by molar-refractivity contribution is 5.70. The Labute approximate surface area is 103 Å². The molecule has 3 fully saturated rings. The number of rotatable bonds is 4. The van der Waals surface area contributed by atoms with E-state index in [0.29, 0.717) is 25.5 Å². The second kappa shape index (κ2) is 3.98. The summed E-state index contributed by atoms with van der Waals surface area (Å²) in [6, 6.07) is 0.